The lowest BCUT2D eigenvalue weighted by Crippen LogP contribution is -2.53. The summed E-state index contributed by atoms with van der Waals surface area (Å²) in [5, 5.41) is 2.98. The van der Waals surface area contributed by atoms with Crippen LogP contribution in [0, 0.1) is 11.7 Å². The Morgan fingerprint density at radius 2 is 2.37 bits per heavy atom. The minimum Gasteiger partial charge on any atom is -0.494 e. The van der Waals surface area contributed by atoms with E-state index in [-0.39, 0.29) is 17.7 Å². The van der Waals surface area contributed by atoms with E-state index in [4.69, 9.17) is 9.47 Å². The second-order valence-corrected chi connectivity index (χ2v) is 5.03. The molecule has 0 bridgehead atoms. The second-order valence-electron chi connectivity index (χ2n) is 5.03. The minimum atomic E-state index is -0.466. The van der Waals surface area contributed by atoms with Gasteiger partial charge in [-0.3, -0.25) is 4.79 Å². The second kappa shape index (κ2) is 4.81. The molecule has 2 fully saturated rings. The highest BCUT2D eigenvalue weighted by Gasteiger charge is 2.45. The molecular weight excluding hydrogens is 249 g/mol. The van der Waals surface area contributed by atoms with Crippen LogP contribution in [0.25, 0.3) is 0 Å². The first-order valence-electron chi connectivity index (χ1n) is 6.45. The van der Waals surface area contributed by atoms with E-state index in [2.05, 4.69) is 5.32 Å². The summed E-state index contributed by atoms with van der Waals surface area (Å²) in [6, 6.07) is 4.31. The van der Waals surface area contributed by atoms with Crippen LogP contribution in [0.15, 0.2) is 18.2 Å². The van der Waals surface area contributed by atoms with Gasteiger partial charge in [0.15, 0.2) is 11.6 Å². The zero-order valence-electron chi connectivity index (χ0n) is 10.7. The predicted octanol–water partition coefficient (Wildman–Crippen LogP) is 1.74. The van der Waals surface area contributed by atoms with Crippen LogP contribution in [0.4, 0.5) is 4.39 Å². The molecule has 5 heteroatoms. The molecule has 1 aromatic rings. The zero-order chi connectivity index (χ0) is 13.4. The number of amides is 1. The minimum absolute atomic E-state index is 0.0864. The van der Waals surface area contributed by atoms with Crippen LogP contribution in [0.5, 0.6) is 5.75 Å². The van der Waals surface area contributed by atoms with Crippen molar-refractivity contribution in [3.63, 3.8) is 0 Å². The topological polar surface area (TPSA) is 47.6 Å². The van der Waals surface area contributed by atoms with E-state index < -0.39 is 5.82 Å². The maximum atomic E-state index is 13.3. The van der Waals surface area contributed by atoms with Crippen LogP contribution < -0.4 is 10.1 Å². The van der Waals surface area contributed by atoms with Gasteiger partial charge < -0.3 is 14.8 Å². The van der Waals surface area contributed by atoms with Crippen LogP contribution in [0.3, 0.4) is 0 Å². The Balaban J connectivity index is 1.67. The third-order valence-corrected chi connectivity index (χ3v) is 3.99. The number of rotatable bonds is 3. The third kappa shape index (κ3) is 2.18. The highest BCUT2D eigenvalue weighted by atomic mass is 19.1. The predicted molar refractivity (Wildman–Crippen MR) is 66.7 cm³/mol. The van der Waals surface area contributed by atoms with Gasteiger partial charge in [-0.25, -0.2) is 4.39 Å². The van der Waals surface area contributed by atoms with E-state index in [1.165, 1.54) is 25.3 Å². The number of benzene rings is 1. The Bertz CT molecular complexity index is 505. The lowest BCUT2D eigenvalue weighted by atomic mass is 9.76. The van der Waals surface area contributed by atoms with Gasteiger partial charge in [0, 0.05) is 24.1 Å². The molecule has 1 aromatic carbocycles. The van der Waals surface area contributed by atoms with Gasteiger partial charge in [-0.15, -0.1) is 0 Å². The highest BCUT2D eigenvalue weighted by Crippen LogP contribution is 2.38. The Hall–Kier alpha value is -1.62. The average Bonchev–Trinajstić information content (AvgIpc) is 2.77. The van der Waals surface area contributed by atoms with E-state index in [0.717, 1.165) is 19.4 Å². The molecule has 1 amide bonds. The number of methoxy groups -OCH3 is 1. The molecule has 2 aliphatic rings. The summed E-state index contributed by atoms with van der Waals surface area (Å²) in [5.74, 6) is -0.129. The number of carbonyl (C=O) groups excluding carboxylic acids is 1. The van der Waals surface area contributed by atoms with Crippen molar-refractivity contribution >= 4 is 5.91 Å². The number of halogens is 1. The highest BCUT2D eigenvalue weighted by molar-refractivity contribution is 5.94. The molecule has 102 valence electrons. The summed E-state index contributed by atoms with van der Waals surface area (Å²) >= 11 is 0. The molecule has 0 aromatic heterocycles. The van der Waals surface area contributed by atoms with Gasteiger partial charge in [-0.2, -0.15) is 0 Å². The average molecular weight is 265 g/mol. The quantitative estimate of drug-likeness (QED) is 0.905. The molecule has 0 spiro atoms. The number of hydrogen-bond donors (Lipinski definition) is 1. The smallest absolute Gasteiger partial charge is 0.251 e. The fraction of sp³-hybridized carbons (Fsp3) is 0.500. The third-order valence-electron chi connectivity index (χ3n) is 3.99. The summed E-state index contributed by atoms with van der Waals surface area (Å²) < 4.78 is 23.7. The first kappa shape index (κ1) is 12.4. The van der Waals surface area contributed by atoms with Crippen molar-refractivity contribution in [3.05, 3.63) is 29.6 Å². The molecule has 3 rings (SSSR count). The normalized spacial score (nSPS) is 28.4. The lowest BCUT2D eigenvalue weighted by molar-refractivity contribution is 0.00809. The molecule has 3 atom stereocenters. The summed E-state index contributed by atoms with van der Waals surface area (Å²) in [5.41, 5.74) is 0.417. The number of nitrogens with one attached hydrogen (secondary N) is 1. The van der Waals surface area contributed by atoms with E-state index in [1.54, 1.807) is 0 Å². The van der Waals surface area contributed by atoms with E-state index in [1.807, 2.05) is 0 Å². The van der Waals surface area contributed by atoms with Crippen LogP contribution in [0.2, 0.25) is 0 Å². The van der Waals surface area contributed by atoms with E-state index in [9.17, 15) is 9.18 Å². The van der Waals surface area contributed by atoms with Gasteiger partial charge in [0.25, 0.3) is 5.91 Å². The van der Waals surface area contributed by atoms with Gasteiger partial charge in [-0.05, 0) is 31.0 Å². The Labute approximate surface area is 110 Å². The summed E-state index contributed by atoms with van der Waals surface area (Å²) in [6.45, 7) is 0.784. The standard InChI is InChI=1S/C14H16FNO3/c1-18-13-6-8(2-3-10(13)15)14(17)16-11-7-12-9(11)4-5-19-12/h2-3,6,9,11-12H,4-5,7H2,1H3,(H,16,17)/t9-,11+,12+/m1/s1. The summed E-state index contributed by atoms with van der Waals surface area (Å²) in [7, 11) is 1.38. The Kier molecular flexibility index (Phi) is 3.14. The Morgan fingerprint density at radius 1 is 1.53 bits per heavy atom. The van der Waals surface area contributed by atoms with Crippen molar-refractivity contribution < 1.29 is 18.7 Å². The van der Waals surface area contributed by atoms with Crippen LogP contribution in [-0.2, 0) is 4.74 Å². The van der Waals surface area contributed by atoms with Crippen molar-refractivity contribution in [2.75, 3.05) is 13.7 Å². The first-order valence-corrected chi connectivity index (χ1v) is 6.45. The monoisotopic (exact) mass is 265 g/mol. The molecule has 1 saturated carbocycles. The molecule has 1 aliphatic carbocycles. The van der Waals surface area contributed by atoms with Gasteiger partial charge in [0.05, 0.1) is 13.2 Å². The molecule has 0 radical (unpaired) electrons. The number of carbonyl (C=O) groups is 1. The van der Waals surface area contributed by atoms with Gasteiger partial charge >= 0.3 is 0 Å². The van der Waals surface area contributed by atoms with Gasteiger partial charge in [0.1, 0.15) is 0 Å². The maximum Gasteiger partial charge on any atom is 0.251 e. The summed E-state index contributed by atoms with van der Waals surface area (Å²) in [6.07, 6.45) is 2.19. The number of hydrogen-bond acceptors (Lipinski definition) is 3. The van der Waals surface area contributed by atoms with Crippen molar-refractivity contribution in [3.8, 4) is 5.75 Å². The maximum absolute atomic E-state index is 13.3. The first-order chi connectivity index (χ1) is 9.19. The molecule has 4 nitrogen and oxygen atoms in total. The SMILES string of the molecule is COc1cc(C(=O)N[C@H]2C[C@@H]3OCC[C@H]23)ccc1F. The van der Waals surface area contributed by atoms with Gasteiger partial charge in [0.2, 0.25) is 0 Å². The number of ether oxygens (including phenoxy) is 2. The Morgan fingerprint density at radius 3 is 3.11 bits per heavy atom. The van der Waals surface area contributed by atoms with E-state index in [0.29, 0.717) is 17.6 Å². The van der Waals surface area contributed by atoms with Crippen LogP contribution >= 0.6 is 0 Å². The van der Waals surface area contributed by atoms with Gasteiger partial charge in [-0.1, -0.05) is 0 Å². The fourth-order valence-corrected chi connectivity index (χ4v) is 2.82. The molecule has 19 heavy (non-hydrogen) atoms. The molecule has 1 aliphatic heterocycles. The van der Waals surface area contributed by atoms with Crippen molar-refractivity contribution in [1.82, 2.24) is 5.32 Å². The molecule has 0 unspecified atom stereocenters. The fourth-order valence-electron chi connectivity index (χ4n) is 2.82. The molecule has 1 heterocycles. The zero-order valence-corrected chi connectivity index (χ0v) is 10.7. The van der Waals surface area contributed by atoms with Crippen LogP contribution in [-0.4, -0.2) is 31.8 Å². The van der Waals surface area contributed by atoms with Crippen LogP contribution in [0.1, 0.15) is 23.2 Å². The van der Waals surface area contributed by atoms with Crippen molar-refractivity contribution in [1.29, 1.82) is 0 Å². The van der Waals surface area contributed by atoms with Crippen molar-refractivity contribution in [2.45, 2.75) is 25.0 Å². The largest absolute Gasteiger partial charge is 0.494 e. The summed E-state index contributed by atoms with van der Waals surface area (Å²) in [4.78, 5) is 12.1. The van der Waals surface area contributed by atoms with Crippen molar-refractivity contribution in [2.24, 2.45) is 5.92 Å². The lowest BCUT2D eigenvalue weighted by Gasteiger charge is -2.39. The molecular formula is C14H16FNO3. The number of fused-ring (bicyclic) bond motifs is 1. The molecule has 1 saturated heterocycles. The molecule has 1 N–H and O–H groups in total. The van der Waals surface area contributed by atoms with E-state index >= 15 is 0 Å².